The van der Waals surface area contributed by atoms with Crippen molar-refractivity contribution in [1.29, 1.82) is 0 Å². The summed E-state index contributed by atoms with van der Waals surface area (Å²) in [6, 6.07) is 6.95. The largest absolute Gasteiger partial charge is 0.393 e. The van der Waals surface area contributed by atoms with Gasteiger partial charge in [0.2, 0.25) is 0 Å². The van der Waals surface area contributed by atoms with Gasteiger partial charge in [0.05, 0.1) is 6.10 Å². The lowest BCUT2D eigenvalue weighted by Crippen LogP contribution is -2.48. The molecular weight excluding hydrogens is 321 g/mol. The van der Waals surface area contributed by atoms with Crippen molar-refractivity contribution >= 4 is 6.03 Å². The monoisotopic (exact) mass is 349 g/mol. The second kappa shape index (κ2) is 8.63. The number of nitrogens with zero attached hydrogens (tertiary/aromatic N) is 1. The van der Waals surface area contributed by atoms with Gasteiger partial charge in [-0.2, -0.15) is 0 Å². The number of piperidine rings is 1. The number of rotatable bonds is 5. The number of urea groups is 1. The second-order valence-corrected chi connectivity index (χ2v) is 7.33. The first kappa shape index (κ1) is 18.1. The summed E-state index contributed by atoms with van der Waals surface area (Å²) in [5.41, 5.74) is 0.727. The first-order valence-corrected chi connectivity index (χ1v) is 9.28. The molecule has 0 aromatic heterocycles. The van der Waals surface area contributed by atoms with E-state index in [4.69, 9.17) is 0 Å². The number of hydrogen-bond acceptors (Lipinski definition) is 3. The van der Waals surface area contributed by atoms with Crippen LogP contribution in [0.3, 0.4) is 0 Å². The van der Waals surface area contributed by atoms with E-state index in [0.29, 0.717) is 19.0 Å². The zero-order valence-corrected chi connectivity index (χ0v) is 14.6. The summed E-state index contributed by atoms with van der Waals surface area (Å²) < 4.78 is 13.7. The van der Waals surface area contributed by atoms with Crippen LogP contribution < -0.4 is 10.6 Å². The minimum Gasteiger partial charge on any atom is -0.393 e. The lowest BCUT2D eigenvalue weighted by Gasteiger charge is -2.32. The summed E-state index contributed by atoms with van der Waals surface area (Å²) in [4.78, 5) is 14.2. The molecule has 3 N–H and O–H groups in total. The molecule has 25 heavy (non-hydrogen) atoms. The van der Waals surface area contributed by atoms with Crippen LogP contribution in [-0.2, 0) is 6.54 Å². The van der Waals surface area contributed by atoms with Crippen LogP contribution in [0.4, 0.5) is 9.18 Å². The van der Waals surface area contributed by atoms with Crippen LogP contribution >= 0.6 is 0 Å². The van der Waals surface area contributed by atoms with Gasteiger partial charge in [0, 0.05) is 37.8 Å². The van der Waals surface area contributed by atoms with Crippen molar-refractivity contribution < 1.29 is 14.3 Å². The highest BCUT2D eigenvalue weighted by Gasteiger charge is 2.24. The molecule has 1 heterocycles. The number of carbonyl (C=O) groups is 1. The number of carbonyl (C=O) groups excluding carboxylic acids is 1. The van der Waals surface area contributed by atoms with E-state index in [1.807, 2.05) is 12.1 Å². The maximum atomic E-state index is 13.7. The number of likely N-dealkylation sites (tertiary alicyclic amines) is 1. The Morgan fingerprint density at radius 2 is 1.96 bits per heavy atom. The number of aliphatic hydroxyl groups excluding tert-OH is 1. The maximum absolute atomic E-state index is 13.7. The number of nitrogens with one attached hydrogen (secondary N) is 2. The highest BCUT2D eigenvalue weighted by molar-refractivity contribution is 5.74. The normalized spacial score (nSPS) is 25.0. The van der Waals surface area contributed by atoms with E-state index in [9.17, 15) is 14.3 Å². The van der Waals surface area contributed by atoms with Crippen LogP contribution in [0.15, 0.2) is 24.3 Å². The van der Waals surface area contributed by atoms with Crippen molar-refractivity contribution in [2.75, 3.05) is 19.6 Å². The summed E-state index contributed by atoms with van der Waals surface area (Å²) in [6.07, 6.45) is 4.17. The maximum Gasteiger partial charge on any atom is 0.315 e. The molecule has 5 nitrogen and oxygen atoms in total. The molecule has 2 fully saturated rings. The molecule has 138 valence electrons. The molecule has 6 heteroatoms. The van der Waals surface area contributed by atoms with Crippen molar-refractivity contribution in [2.24, 2.45) is 5.92 Å². The third kappa shape index (κ3) is 5.41. The van der Waals surface area contributed by atoms with Crippen LogP contribution in [0.25, 0.3) is 0 Å². The molecule has 2 atom stereocenters. The van der Waals surface area contributed by atoms with E-state index in [1.54, 1.807) is 6.07 Å². The van der Waals surface area contributed by atoms with Gasteiger partial charge < -0.3 is 15.7 Å². The Labute approximate surface area is 148 Å². The minimum atomic E-state index is -0.200. The highest BCUT2D eigenvalue weighted by Crippen LogP contribution is 2.24. The lowest BCUT2D eigenvalue weighted by atomic mass is 10.0. The summed E-state index contributed by atoms with van der Waals surface area (Å²) >= 11 is 0. The SMILES string of the molecule is O=C(NC[C@H]1CC[C@@H](O)C1)NC1CCN(Cc2ccccc2F)CC1. The van der Waals surface area contributed by atoms with Crippen LogP contribution in [0, 0.1) is 11.7 Å². The van der Waals surface area contributed by atoms with Crippen LogP contribution in [-0.4, -0.2) is 47.8 Å². The standard InChI is InChI=1S/C19H28FN3O2/c20-18-4-2-1-3-15(18)13-23-9-7-16(8-10-23)22-19(25)21-12-14-5-6-17(24)11-14/h1-4,14,16-17,24H,5-13H2,(H2,21,22,25)/t14-,17+/m0/s1. The van der Waals surface area contributed by atoms with E-state index >= 15 is 0 Å². The van der Waals surface area contributed by atoms with E-state index in [1.165, 1.54) is 6.07 Å². The van der Waals surface area contributed by atoms with E-state index in [-0.39, 0.29) is 24.0 Å². The van der Waals surface area contributed by atoms with Crippen molar-refractivity contribution in [3.8, 4) is 0 Å². The molecule has 1 saturated carbocycles. The van der Waals surface area contributed by atoms with Crippen molar-refractivity contribution in [2.45, 2.75) is 50.8 Å². The summed E-state index contributed by atoms with van der Waals surface area (Å²) in [5.74, 6) is 0.238. The molecule has 1 aromatic carbocycles. The molecule has 0 bridgehead atoms. The summed E-state index contributed by atoms with van der Waals surface area (Å²) in [7, 11) is 0. The van der Waals surface area contributed by atoms with Gasteiger partial charge in [0.15, 0.2) is 0 Å². The number of hydrogen-bond donors (Lipinski definition) is 3. The average Bonchev–Trinajstić information content (AvgIpc) is 3.02. The Balaban J connectivity index is 1.34. The number of benzene rings is 1. The first-order chi connectivity index (χ1) is 12.1. The molecule has 0 unspecified atom stereocenters. The Kier molecular flexibility index (Phi) is 6.26. The number of amides is 2. The van der Waals surface area contributed by atoms with Gasteiger partial charge in [-0.05, 0) is 44.1 Å². The van der Waals surface area contributed by atoms with Gasteiger partial charge in [-0.3, -0.25) is 4.90 Å². The van der Waals surface area contributed by atoms with Gasteiger partial charge >= 0.3 is 6.03 Å². The van der Waals surface area contributed by atoms with Gasteiger partial charge in [0.25, 0.3) is 0 Å². The topological polar surface area (TPSA) is 64.6 Å². The quantitative estimate of drug-likeness (QED) is 0.764. The smallest absolute Gasteiger partial charge is 0.315 e. The second-order valence-electron chi connectivity index (χ2n) is 7.33. The van der Waals surface area contributed by atoms with Crippen LogP contribution in [0.1, 0.15) is 37.7 Å². The Bertz CT molecular complexity index is 576. The fourth-order valence-corrected chi connectivity index (χ4v) is 3.81. The fraction of sp³-hybridized carbons (Fsp3) is 0.632. The van der Waals surface area contributed by atoms with Crippen LogP contribution in [0.2, 0.25) is 0 Å². The fourth-order valence-electron chi connectivity index (χ4n) is 3.81. The minimum absolute atomic E-state index is 0.117. The van der Waals surface area contributed by atoms with E-state index in [2.05, 4.69) is 15.5 Å². The zero-order chi connectivity index (χ0) is 17.6. The average molecular weight is 349 g/mol. The van der Waals surface area contributed by atoms with Gasteiger partial charge in [0.1, 0.15) is 5.82 Å². The molecule has 2 aliphatic rings. The third-order valence-electron chi connectivity index (χ3n) is 5.34. The predicted octanol–water partition coefficient (Wildman–Crippen LogP) is 2.25. The van der Waals surface area contributed by atoms with Gasteiger partial charge in [-0.1, -0.05) is 18.2 Å². The van der Waals surface area contributed by atoms with E-state index in [0.717, 1.165) is 50.8 Å². The zero-order valence-electron chi connectivity index (χ0n) is 14.6. The molecule has 1 saturated heterocycles. The summed E-state index contributed by atoms with van der Waals surface area (Å²) in [6.45, 7) is 2.97. The Morgan fingerprint density at radius 1 is 1.20 bits per heavy atom. The van der Waals surface area contributed by atoms with Gasteiger partial charge in [-0.25, -0.2) is 9.18 Å². The third-order valence-corrected chi connectivity index (χ3v) is 5.34. The molecule has 1 aliphatic carbocycles. The van der Waals surface area contributed by atoms with Crippen molar-refractivity contribution in [3.63, 3.8) is 0 Å². The molecule has 3 rings (SSSR count). The summed E-state index contributed by atoms with van der Waals surface area (Å²) in [5, 5.41) is 15.5. The van der Waals surface area contributed by atoms with E-state index < -0.39 is 0 Å². The molecule has 1 aromatic rings. The first-order valence-electron chi connectivity index (χ1n) is 9.28. The Hall–Kier alpha value is -1.66. The molecular formula is C19H28FN3O2. The molecule has 2 amide bonds. The number of halogens is 1. The predicted molar refractivity (Wildman–Crippen MR) is 94.6 cm³/mol. The van der Waals surface area contributed by atoms with Crippen LogP contribution in [0.5, 0.6) is 0 Å². The lowest BCUT2D eigenvalue weighted by molar-refractivity contribution is 0.176. The molecule has 0 radical (unpaired) electrons. The molecule has 0 spiro atoms. The Morgan fingerprint density at radius 3 is 2.64 bits per heavy atom. The van der Waals surface area contributed by atoms with Gasteiger partial charge in [-0.15, -0.1) is 0 Å². The van der Waals surface area contributed by atoms with Crippen molar-refractivity contribution in [3.05, 3.63) is 35.6 Å². The van der Waals surface area contributed by atoms with Crippen molar-refractivity contribution in [1.82, 2.24) is 15.5 Å². The highest BCUT2D eigenvalue weighted by atomic mass is 19.1. The molecule has 1 aliphatic heterocycles. The number of aliphatic hydroxyl groups is 1.